The van der Waals surface area contributed by atoms with Crippen molar-refractivity contribution in [3.8, 4) is 11.3 Å². The molecule has 1 atom stereocenters. The Morgan fingerprint density at radius 3 is 2.22 bits per heavy atom. The van der Waals surface area contributed by atoms with E-state index < -0.39 is 23.2 Å². The minimum absolute atomic E-state index is 0.0222. The van der Waals surface area contributed by atoms with Crippen molar-refractivity contribution in [3.63, 3.8) is 0 Å². The number of hydrogen-bond donors (Lipinski definition) is 2. The van der Waals surface area contributed by atoms with Crippen LogP contribution in [0.25, 0.3) is 11.3 Å². The standard InChI is InChI=1S/C28H24F2N4O3/c1-17(31-2)27(36)33-24-11-12-25(19-3-7-22(29)8-4-19)34(28(24)37)16-18-13-21(15-32-14-18)26(35)20-5-9-23(30)10-6-20/h3-15,17,31H,16H2,1-2H3,(H,33,36)/t17-/m1/s1. The highest BCUT2D eigenvalue weighted by atomic mass is 19.1. The van der Waals surface area contributed by atoms with Crippen LogP contribution in [-0.4, -0.2) is 34.3 Å². The number of pyridine rings is 2. The molecular weight excluding hydrogens is 478 g/mol. The van der Waals surface area contributed by atoms with Crippen LogP contribution in [0, 0.1) is 11.6 Å². The number of carbonyl (C=O) groups excluding carboxylic acids is 2. The highest BCUT2D eigenvalue weighted by molar-refractivity contribution is 6.08. The number of amides is 1. The number of carbonyl (C=O) groups is 2. The Bertz CT molecular complexity index is 1500. The van der Waals surface area contributed by atoms with Crippen molar-refractivity contribution in [2.24, 2.45) is 0 Å². The number of nitrogens with zero attached hydrogens (tertiary/aromatic N) is 2. The molecule has 0 saturated carbocycles. The van der Waals surface area contributed by atoms with Crippen LogP contribution in [0.3, 0.4) is 0 Å². The fourth-order valence-corrected chi connectivity index (χ4v) is 3.72. The maximum absolute atomic E-state index is 13.5. The monoisotopic (exact) mass is 502 g/mol. The van der Waals surface area contributed by atoms with Crippen LogP contribution in [0.5, 0.6) is 0 Å². The molecule has 188 valence electrons. The fraction of sp³-hybridized carbons (Fsp3) is 0.143. The molecule has 2 aromatic carbocycles. The minimum Gasteiger partial charge on any atom is -0.320 e. The molecule has 0 bridgehead atoms. The fourth-order valence-electron chi connectivity index (χ4n) is 3.72. The normalized spacial score (nSPS) is 11.7. The van der Waals surface area contributed by atoms with Crippen molar-refractivity contribution < 1.29 is 18.4 Å². The van der Waals surface area contributed by atoms with Gasteiger partial charge in [0.15, 0.2) is 5.78 Å². The van der Waals surface area contributed by atoms with E-state index in [2.05, 4.69) is 15.6 Å². The lowest BCUT2D eigenvalue weighted by Crippen LogP contribution is -2.37. The van der Waals surface area contributed by atoms with E-state index in [4.69, 9.17) is 0 Å². The van der Waals surface area contributed by atoms with E-state index in [0.29, 0.717) is 22.4 Å². The number of likely N-dealkylation sites (N-methyl/N-ethyl adjacent to an activating group) is 1. The first kappa shape index (κ1) is 25.6. The van der Waals surface area contributed by atoms with Crippen molar-refractivity contribution in [2.45, 2.75) is 19.5 Å². The minimum atomic E-state index is -0.525. The quantitative estimate of drug-likeness (QED) is 0.355. The summed E-state index contributed by atoms with van der Waals surface area (Å²) >= 11 is 0. The molecule has 0 spiro atoms. The SMILES string of the molecule is CN[C@H](C)C(=O)Nc1ccc(-c2ccc(F)cc2)n(Cc2cncc(C(=O)c3ccc(F)cc3)c2)c1=O. The van der Waals surface area contributed by atoms with Gasteiger partial charge in [0.2, 0.25) is 5.91 Å². The van der Waals surface area contributed by atoms with Gasteiger partial charge in [0.1, 0.15) is 17.3 Å². The second kappa shape index (κ2) is 11.0. The first-order chi connectivity index (χ1) is 17.8. The molecule has 0 saturated heterocycles. The molecule has 9 heteroatoms. The van der Waals surface area contributed by atoms with E-state index >= 15 is 0 Å². The lowest BCUT2D eigenvalue weighted by atomic mass is 10.0. The molecular formula is C28H24F2N4O3. The molecule has 2 N–H and O–H groups in total. The van der Waals surface area contributed by atoms with Crippen LogP contribution >= 0.6 is 0 Å². The van der Waals surface area contributed by atoms with Gasteiger partial charge in [-0.2, -0.15) is 0 Å². The molecule has 0 aliphatic heterocycles. The molecule has 0 unspecified atom stereocenters. The van der Waals surface area contributed by atoms with Gasteiger partial charge >= 0.3 is 0 Å². The van der Waals surface area contributed by atoms with Crippen molar-refractivity contribution >= 4 is 17.4 Å². The summed E-state index contributed by atoms with van der Waals surface area (Å²) in [6, 6.07) is 15.1. The number of halogens is 2. The van der Waals surface area contributed by atoms with E-state index in [-0.39, 0.29) is 29.5 Å². The summed E-state index contributed by atoms with van der Waals surface area (Å²) in [7, 11) is 1.63. The summed E-state index contributed by atoms with van der Waals surface area (Å²) < 4.78 is 28.2. The summed E-state index contributed by atoms with van der Waals surface area (Å²) in [6.07, 6.45) is 2.92. The van der Waals surface area contributed by atoms with Gasteiger partial charge < -0.3 is 15.2 Å². The Labute approximate surface area is 211 Å². The van der Waals surface area contributed by atoms with Crippen molar-refractivity contribution in [2.75, 3.05) is 12.4 Å². The molecule has 7 nitrogen and oxygen atoms in total. The Hall–Kier alpha value is -4.50. The lowest BCUT2D eigenvalue weighted by molar-refractivity contribution is -0.117. The number of ketones is 1. The number of anilines is 1. The van der Waals surface area contributed by atoms with E-state index in [9.17, 15) is 23.2 Å². The largest absolute Gasteiger partial charge is 0.320 e. The molecule has 2 aromatic heterocycles. The zero-order valence-electron chi connectivity index (χ0n) is 20.2. The van der Waals surface area contributed by atoms with Gasteiger partial charge in [0, 0.05) is 23.5 Å². The third kappa shape index (κ3) is 5.84. The summed E-state index contributed by atoms with van der Waals surface area (Å²) in [5.74, 6) is -1.59. The number of nitrogens with one attached hydrogen (secondary N) is 2. The lowest BCUT2D eigenvalue weighted by Gasteiger charge is -2.17. The summed E-state index contributed by atoms with van der Waals surface area (Å²) in [5.41, 5.74) is 1.79. The van der Waals surface area contributed by atoms with Gasteiger partial charge in [-0.3, -0.25) is 19.4 Å². The molecule has 0 fully saturated rings. The third-order valence-corrected chi connectivity index (χ3v) is 5.90. The van der Waals surface area contributed by atoms with E-state index in [1.54, 1.807) is 38.2 Å². The Morgan fingerprint density at radius 1 is 0.919 bits per heavy atom. The van der Waals surface area contributed by atoms with E-state index in [1.165, 1.54) is 59.4 Å². The summed E-state index contributed by atoms with van der Waals surface area (Å²) in [4.78, 5) is 42.9. The van der Waals surface area contributed by atoms with Crippen LogP contribution in [0.15, 0.2) is 83.9 Å². The molecule has 37 heavy (non-hydrogen) atoms. The average molecular weight is 503 g/mol. The molecule has 0 aliphatic carbocycles. The van der Waals surface area contributed by atoms with Crippen molar-refractivity contribution in [1.29, 1.82) is 0 Å². The van der Waals surface area contributed by atoms with Gasteiger partial charge in [-0.15, -0.1) is 0 Å². The van der Waals surface area contributed by atoms with Crippen LogP contribution < -0.4 is 16.2 Å². The summed E-state index contributed by atoms with van der Waals surface area (Å²) in [5, 5.41) is 5.45. The molecule has 4 aromatic rings. The van der Waals surface area contributed by atoms with Gasteiger partial charge in [-0.25, -0.2) is 8.78 Å². The molecule has 0 radical (unpaired) electrons. The Kier molecular flexibility index (Phi) is 7.64. The molecule has 4 rings (SSSR count). The number of aromatic nitrogens is 2. The smallest absolute Gasteiger partial charge is 0.275 e. The molecule has 0 aliphatic rings. The summed E-state index contributed by atoms with van der Waals surface area (Å²) in [6.45, 7) is 1.68. The first-order valence-corrected chi connectivity index (χ1v) is 11.5. The van der Waals surface area contributed by atoms with Crippen LogP contribution in [0.4, 0.5) is 14.5 Å². The zero-order valence-corrected chi connectivity index (χ0v) is 20.2. The van der Waals surface area contributed by atoms with Crippen molar-refractivity contribution in [1.82, 2.24) is 14.9 Å². The molecule has 1 amide bonds. The van der Waals surface area contributed by atoms with Crippen LogP contribution in [0.2, 0.25) is 0 Å². The zero-order chi connectivity index (χ0) is 26.5. The van der Waals surface area contributed by atoms with E-state index in [1.807, 2.05) is 0 Å². The number of rotatable bonds is 8. The number of hydrogen-bond acceptors (Lipinski definition) is 5. The Balaban J connectivity index is 1.74. The second-order valence-electron chi connectivity index (χ2n) is 8.45. The van der Waals surface area contributed by atoms with Gasteiger partial charge in [0.05, 0.1) is 18.3 Å². The topological polar surface area (TPSA) is 93.1 Å². The van der Waals surface area contributed by atoms with Gasteiger partial charge in [-0.1, -0.05) is 0 Å². The van der Waals surface area contributed by atoms with Crippen molar-refractivity contribution in [3.05, 3.63) is 118 Å². The van der Waals surface area contributed by atoms with Gasteiger partial charge in [-0.05, 0) is 91.8 Å². The maximum atomic E-state index is 13.5. The average Bonchev–Trinajstić information content (AvgIpc) is 2.91. The van der Waals surface area contributed by atoms with E-state index in [0.717, 1.165) is 0 Å². The highest BCUT2D eigenvalue weighted by Gasteiger charge is 2.17. The predicted octanol–water partition coefficient (Wildman–Crippen LogP) is 4.01. The highest BCUT2D eigenvalue weighted by Crippen LogP contribution is 2.22. The second-order valence-corrected chi connectivity index (χ2v) is 8.45. The first-order valence-electron chi connectivity index (χ1n) is 11.5. The maximum Gasteiger partial charge on any atom is 0.275 e. The van der Waals surface area contributed by atoms with Crippen LogP contribution in [0.1, 0.15) is 28.4 Å². The predicted molar refractivity (Wildman–Crippen MR) is 136 cm³/mol. The van der Waals surface area contributed by atoms with Gasteiger partial charge in [0.25, 0.3) is 5.56 Å². The molecule has 2 heterocycles. The Morgan fingerprint density at radius 2 is 1.57 bits per heavy atom. The third-order valence-electron chi connectivity index (χ3n) is 5.90. The number of benzene rings is 2. The van der Waals surface area contributed by atoms with Crippen LogP contribution in [-0.2, 0) is 11.3 Å².